The van der Waals surface area contributed by atoms with Gasteiger partial charge in [-0.2, -0.15) is 0 Å². The second-order valence-corrected chi connectivity index (χ2v) is 6.30. The van der Waals surface area contributed by atoms with E-state index in [9.17, 15) is 0 Å². The molecule has 0 bridgehead atoms. The highest BCUT2D eigenvalue weighted by Crippen LogP contribution is 2.46. The van der Waals surface area contributed by atoms with Crippen LogP contribution in [0.2, 0.25) is 5.15 Å². The van der Waals surface area contributed by atoms with Crippen molar-refractivity contribution in [2.24, 2.45) is 5.92 Å². The van der Waals surface area contributed by atoms with Crippen molar-refractivity contribution in [1.29, 1.82) is 0 Å². The van der Waals surface area contributed by atoms with E-state index in [-0.39, 0.29) is 4.32 Å². The number of hydrogen-bond acceptors (Lipinski definition) is 2. The number of nitrogens with zero attached hydrogens (tertiary/aromatic N) is 2. The summed E-state index contributed by atoms with van der Waals surface area (Å²) in [4.78, 5) is 8.25. The van der Waals surface area contributed by atoms with Crippen LogP contribution in [0, 0.1) is 5.92 Å². The van der Waals surface area contributed by atoms with Gasteiger partial charge in [-0.25, -0.2) is 9.97 Å². The summed E-state index contributed by atoms with van der Waals surface area (Å²) >= 11 is 9.72. The minimum atomic E-state index is 0.0112. The third kappa shape index (κ3) is 2.51. The molecule has 0 N–H and O–H groups in total. The van der Waals surface area contributed by atoms with Gasteiger partial charge in [-0.3, -0.25) is 0 Å². The Labute approximate surface area is 104 Å². The number of hydrogen-bond donors (Lipinski definition) is 0. The van der Waals surface area contributed by atoms with Gasteiger partial charge >= 0.3 is 0 Å². The Hall–Kier alpha value is -0.150. The average Bonchev–Trinajstić information content (AvgIpc) is 2.17. The topological polar surface area (TPSA) is 25.8 Å². The summed E-state index contributed by atoms with van der Waals surface area (Å²) < 4.78 is 0.0112. The fourth-order valence-corrected chi connectivity index (χ4v) is 3.50. The lowest BCUT2D eigenvalue weighted by atomic mass is 9.80. The average molecular weight is 290 g/mol. The summed E-state index contributed by atoms with van der Waals surface area (Å²) in [6, 6.07) is 1.87. The Kier molecular flexibility index (Phi) is 3.31. The molecule has 1 heterocycles. The minimum absolute atomic E-state index is 0.0112. The molecule has 2 unspecified atom stereocenters. The highest BCUT2D eigenvalue weighted by Gasteiger charge is 2.35. The molecule has 0 spiro atoms. The fraction of sp³-hybridized carbons (Fsp3) is 0.636. The predicted octanol–water partition coefficient (Wildman–Crippen LogP) is 3.93. The summed E-state index contributed by atoms with van der Waals surface area (Å²) in [6.45, 7) is 2.29. The van der Waals surface area contributed by atoms with Crippen LogP contribution in [-0.4, -0.2) is 9.97 Å². The molecule has 1 saturated carbocycles. The van der Waals surface area contributed by atoms with Crippen molar-refractivity contribution in [2.75, 3.05) is 0 Å². The van der Waals surface area contributed by atoms with Crippen molar-refractivity contribution in [3.63, 3.8) is 0 Å². The van der Waals surface area contributed by atoms with Crippen LogP contribution < -0.4 is 0 Å². The van der Waals surface area contributed by atoms with Crippen molar-refractivity contribution in [2.45, 2.75) is 36.9 Å². The van der Waals surface area contributed by atoms with E-state index in [1.807, 2.05) is 6.07 Å². The van der Waals surface area contributed by atoms with Gasteiger partial charge in [-0.05, 0) is 24.8 Å². The predicted molar refractivity (Wildman–Crippen MR) is 65.3 cm³/mol. The van der Waals surface area contributed by atoms with Crippen LogP contribution in [0.3, 0.4) is 0 Å². The van der Waals surface area contributed by atoms with E-state index in [0.29, 0.717) is 5.15 Å². The van der Waals surface area contributed by atoms with Gasteiger partial charge in [0.1, 0.15) is 11.5 Å². The van der Waals surface area contributed by atoms with E-state index in [2.05, 4.69) is 32.8 Å². The first kappa shape index (κ1) is 11.3. The zero-order chi connectivity index (χ0) is 10.9. The maximum Gasteiger partial charge on any atom is 0.132 e. The van der Waals surface area contributed by atoms with Crippen molar-refractivity contribution in [3.8, 4) is 0 Å². The molecule has 2 rings (SSSR count). The highest BCUT2D eigenvalue weighted by molar-refractivity contribution is 9.09. The largest absolute Gasteiger partial charge is 0.240 e. The molecule has 1 aliphatic carbocycles. The molecule has 2 atom stereocenters. The maximum atomic E-state index is 5.89. The normalized spacial score (nSPS) is 31.5. The number of alkyl halides is 1. The molecule has 0 radical (unpaired) electrons. The first-order valence-electron chi connectivity index (χ1n) is 5.27. The van der Waals surface area contributed by atoms with Crippen molar-refractivity contribution in [3.05, 3.63) is 23.2 Å². The van der Waals surface area contributed by atoms with Gasteiger partial charge in [0.2, 0.25) is 0 Å². The number of aromatic nitrogens is 2. The third-order valence-electron chi connectivity index (χ3n) is 3.03. The number of rotatable bonds is 1. The molecule has 0 saturated heterocycles. The lowest BCUT2D eigenvalue weighted by Gasteiger charge is -2.34. The first-order chi connectivity index (χ1) is 7.10. The molecule has 0 aromatic carbocycles. The molecule has 1 fully saturated rings. The van der Waals surface area contributed by atoms with Crippen LogP contribution in [0.15, 0.2) is 12.4 Å². The summed E-state index contributed by atoms with van der Waals surface area (Å²) in [7, 11) is 0. The Bertz CT molecular complexity index is 358. The molecule has 4 heteroatoms. The monoisotopic (exact) mass is 288 g/mol. The summed E-state index contributed by atoms with van der Waals surface area (Å²) in [6.07, 6.45) is 6.35. The Balaban J connectivity index is 2.28. The van der Waals surface area contributed by atoms with E-state index in [4.69, 9.17) is 11.6 Å². The Morgan fingerprint density at radius 1 is 1.53 bits per heavy atom. The second kappa shape index (κ2) is 4.38. The number of halogens is 2. The SMILES string of the molecule is CC1CCCC(Br)(c2cc(Cl)ncn2)C1. The third-order valence-corrected chi connectivity index (χ3v) is 4.37. The van der Waals surface area contributed by atoms with Crippen LogP contribution in [0.5, 0.6) is 0 Å². The van der Waals surface area contributed by atoms with Gasteiger partial charge in [-0.15, -0.1) is 0 Å². The molecular formula is C11H14BrClN2. The molecule has 82 valence electrons. The van der Waals surface area contributed by atoms with E-state index in [1.54, 1.807) is 6.33 Å². The lowest BCUT2D eigenvalue weighted by Crippen LogP contribution is -2.27. The second-order valence-electron chi connectivity index (χ2n) is 4.39. The summed E-state index contributed by atoms with van der Waals surface area (Å²) in [5.41, 5.74) is 1.02. The highest BCUT2D eigenvalue weighted by atomic mass is 79.9. The smallest absolute Gasteiger partial charge is 0.132 e. The van der Waals surface area contributed by atoms with Crippen LogP contribution in [0.25, 0.3) is 0 Å². The fourth-order valence-electron chi connectivity index (χ4n) is 2.30. The van der Waals surface area contributed by atoms with Crippen molar-refractivity contribution in [1.82, 2.24) is 9.97 Å². The molecule has 0 amide bonds. The quantitative estimate of drug-likeness (QED) is 0.578. The van der Waals surface area contributed by atoms with Gasteiger partial charge in [0.15, 0.2) is 0 Å². The first-order valence-corrected chi connectivity index (χ1v) is 6.44. The van der Waals surface area contributed by atoms with Gasteiger partial charge in [0, 0.05) is 0 Å². The van der Waals surface area contributed by atoms with Crippen molar-refractivity contribution >= 4 is 27.5 Å². The van der Waals surface area contributed by atoms with Crippen LogP contribution in [0.1, 0.15) is 38.3 Å². The van der Waals surface area contributed by atoms with Gasteiger partial charge in [0.05, 0.1) is 10.0 Å². The van der Waals surface area contributed by atoms with E-state index < -0.39 is 0 Å². The van der Waals surface area contributed by atoms with Gasteiger partial charge < -0.3 is 0 Å². The van der Waals surface area contributed by atoms with Crippen LogP contribution >= 0.6 is 27.5 Å². The Morgan fingerprint density at radius 2 is 2.33 bits per heavy atom. The zero-order valence-electron chi connectivity index (χ0n) is 8.71. The minimum Gasteiger partial charge on any atom is -0.240 e. The van der Waals surface area contributed by atoms with Crippen LogP contribution in [-0.2, 0) is 4.32 Å². The van der Waals surface area contributed by atoms with Crippen molar-refractivity contribution < 1.29 is 0 Å². The van der Waals surface area contributed by atoms with E-state index in [0.717, 1.165) is 24.5 Å². The molecule has 15 heavy (non-hydrogen) atoms. The Morgan fingerprint density at radius 3 is 3.00 bits per heavy atom. The molecule has 2 nitrogen and oxygen atoms in total. The lowest BCUT2D eigenvalue weighted by molar-refractivity contribution is 0.318. The molecule has 1 aromatic rings. The molecule has 1 aliphatic rings. The maximum absolute atomic E-state index is 5.89. The molecule has 1 aromatic heterocycles. The van der Waals surface area contributed by atoms with Crippen LogP contribution in [0.4, 0.5) is 0 Å². The molecular weight excluding hydrogens is 275 g/mol. The van der Waals surface area contributed by atoms with Gasteiger partial charge in [0.25, 0.3) is 0 Å². The van der Waals surface area contributed by atoms with E-state index in [1.165, 1.54) is 12.8 Å². The zero-order valence-corrected chi connectivity index (χ0v) is 11.1. The molecule has 0 aliphatic heterocycles. The summed E-state index contributed by atoms with van der Waals surface area (Å²) in [5, 5.41) is 0.525. The van der Waals surface area contributed by atoms with E-state index >= 15 is 0 Å². The summed E-state index contributed by atoms with van der Waals surface area (Å²) in [5.74, 6) is 0.742. The van der Waals surface area contributed by atoms with Gasteiger partial charge in [-0.1, -0.05) is 47.3 Å². The standard InChI is InChI=1S/C11H14BrClN2/c1-8-3-2-4-11(12,6-8)9-5-10(13)15-7-14-9/h5,7-8H,2-4,6H2,1H3.